The van der Waals surface area contributed by atoms with E-state index in [1.54, 1.807) is 0 Å². The predicted octanol–water partition coefficient (Wildman–Crippen LogP) is 1.20. The minimum absolute atomic E-state index is 0.0726. The van der Waals surface area contributed by atoms with Gasteiger partial charge in [-0.1, -0.05) is 30.3 Å². The number of sulfonamides is 1. The molecule has 0 aliphatic carbocycles. The fourth-order valence-corrected chi connectivity index (χ4v) is 3.46. The molecule has 0 amide bonds. The van der Waals surface area contributed by atoms with E-state index in [0.29, 0.717) is 6.42 Å². The van der Waals surface area contributed by atoms with Gasteiger partial charge in [-0.25, -0.2) is 13.1 Å². The van der Waals surface area contributed by atoms with Crippen LogP contribution in [0.2, 0.25) is 0 Å². The Morgan fingerprint density at radius 3 is 2.71 bits per heavy atom. The van der Waals surface area contributed by atoms with Crippen LogP contribution in [0.1, 0.15) is 24.5 Å². The zero-order valence-corrected chi connectivity index (χ0v) is 12.6. The molecule has 7 heteroatoms. The molecule has 0 radical (unpaired) electrons. The molecule has 0 spiro atoms. The summed E-state index contributed by atoms with van der Waals surface area (Å²) in [5.74, 6) is 0. The maximum absolute atomic E-state index is 12.2. The number of aryl methyl sites for hydroxylation is 1. The lowest BCUT2D eigenvalue weighted by atomic mass is 10.1. The monoisotopic (exact) mass is 309 g/mol. The van der Waals surface area contributed by atoms with E-state index in [4.69, 9.17) is 5.11 Å². The molecule has 0 fully saturated rings. The number of aromatic amines is 1. The number of aliphatic hydroxyl groups excluding tert-OH is 1. The summed E-state index contributed by atoms with van der Waals surface area (Å²) in [7, 11) is -3.69. The Hall–Kier alpha value is -1.70. The van der Waals surface area contributed by atoms with Crippen LogP contribution in [0, 0.1) is 0 Å². The first-order valence-corrected chi connectivity index (χ1v) is 8.20. The molecule has 1 aromatic carbocycles. The number of hydrogen-bond acceptors (Lipinski definition) is 4. The number of aromatic nitrogens is 2. The normalized spacial score (nSPS) is 13.2. The van der Waals surface area contributed by atoms with Crippen molar-refractivity contribution in [2.45, 2.75) is 37.4 Å². The Kier molecular flexibility index (Phi) is 5.11. The molecule has 0 bridgehead atoms. The zero-order chi connectivity index (χ0) is 15.3. The van der Waals surface area contributed by atoms with E-state index in [1.165, 1.54) is 11.8 Å². The van der Waals surface area contributed by atoms with E-state index >= 15 is 0 Å². The van der Waals surface area contributed by atoms with Gasteiger partial charge in [0, 0.05) is 11.6 Å². The van der Waals surface area contributed by atoms with Gasteiger partial charge >= 0.3 is 0 Å². The molecule has 21 heavy (non-hydrogen) atoms. The molecular weight excluding hydrogens is 290 g/mol. The van der Waals surface area contributed by atoms with Crippen LogP contribution in [0.15, 0.2) is 41.6 Å². The first kappa shape index (κ1) is 15.7. The summed E-state index contributed by atoms with van der Waals surface area (Å²) in [4.78, 5) is 0. The summed E-state index contributed by atoms with van der Waals surface area (Å²) < 4.78 is 27.0. The van der Waals surface area contributed by atoms with E-state index in [9.17, 15) is 8.42 Å². The number of benzene rings is 1. The van der Waals surface area contributed by atoms with Crippen molar-refractivity contribution in [1.29, 1.82) is 0 Å². The van der Waals surface area contributed by atoms with Gasteiger partial charge in [-0.05, 0) is 25.3 Å². The lowest BCUT2D eigenvalue weighted by Crippen LogP contribution is -2.33. The quantitative estimate of drug-likeness (QED) is 0.716. The van der Waals surface area contributed by atoms with Gasteiger partial charge < -0.3 is 5.11 Å². The summed E-state index contributed by atoms with van der Waals surface area (Å²) in [6, 6.07) is 9.68. The summed E-state index contributed by atoms with van der Waals surface area (Å²) in [5.41, 5.74) is 1.43. The maximum atomic E-state index is 12.2. The van der Waals surface area contributed by atoms with Gasteiger partial charge in [0.05, 0.1) is 12.8 Å². The largest absolute Gasteiger partial charge is 0.392 e. The molecular formula is C14H19N3O3S. The topological polar surface area (TPSA) is 95.1 Å². The number of H-pyrrole nitrogens is 1. The van der Waals surface area contributed by atoms with E-state index in [2.05, 4.69) is 14.9 Å². The fraction of sp³-hybridized carbons (Fsp3) is 0.357. The highest BCUT2D eigenvalue weighted by Crippen LogP contribution is 2.13. The third kappa shape index (κ3) is 4.13. The van der Waals surface area contributed by atoms with Gasteiger partial charge in [0.2, 0.25) is 0 Å². The van der Waals surface area contributed by atoms with Crippen molar-refractivity contribution >= 4 is 10.0 Å². The van der Waals surface area contributed by atoms with Gasteiger partial charge in [0.25, 0.3) is 10.0 Å². The minimum Gasteiger partial charge on any atom is -0.392 e. The molecule has 1 unspecified atom stereocenters. The van der Waals surface area contributed by atoms with Crippen LogP contribution in [0.5, 0.6) is 0 Å². The molecule has 1 heterocycles. The van der Waals surface area contributed by atoms with Gasteiger partial charge in [-0.2, -0.15) is 5.10 Å². The third-order valence-corrected chi connectivity index (χ3v) is 4.79. The Morgan fingerprint density at radius 2 is 2.05 bits per heavy atom. The number of aliphatic hydroxyl groups is 1. The molecule has 0 saturated carbocycles. The second-order valence-electron chi connectivity index (χ2n) is 4.93. The number of hydrogen-bond donors (Lipinski definition) is 3. The average molecular weight is 309 g/mol. The fourth-order valence-electron chi connectivity index (χ4n) is 2.06. The molecule has 3 N–H and O–H groups in total. The number of nitrogens with one attached hydrogen (secondary N) is 2. The Labute approximate surface area is 124 Å². The highest BCUT2D eigenvalue weighted by atomic mass is 32.2. The van der Waals surface area contributed by atoms with Crippen LogP contribution >= 0.6 is 0 Å². The van der Waals surface area contributed by atoms with Crippen molar-refractivity contribution in [2.24, 2.45) is 0 Å². The first-order valence-electron chi connectivity index (χ1n) is 6.72. The van der Waals surface area contributed by atoms with Crippen molar-refractivity contribution in [3.05, 3.63) is 47.7 Å². The van der Waals surface area contributed by atoms with Crippen LogP contribution in [-0.2, 0) is 23.1 Å². The SMILES string of the molecule is CC(CCc1ccccc1)NS(=O)(=O)c1[nH]ncc1CO. The Morgan fingerprint density at radius 1 is 1.33 bits per heavy atom. The minimum atomic E-state index is -3.69. The van der Waals surface area contributed by atoms with Gasteiger partial charge in [-0.15, -0.1) is 0 Å². The maximum Gasteiger partial charge on any atom is 0.258 e. The summed E-state index contributed by atoms with van der Waals surface area (Å²) >= 11 is 0. The lowest BCUT2D eigenvalue weighted by molar-refractivity contribution is 0.278. The second kappa shape index (κ2) is 6.84. The zero-order valence-electron chi connectivity index (χ0n) is 11.8. The van der Waals surface area contributed by atoms with Crippen LogP contribution in [0.3, 0.4) is 0 Å². The standard InChI is InChI=1S/C14H19N3O3S/c1-11(7-8-12-5-3-2-4-6-12)17-21(19,20)14-13(10-18)9-15-16-14/h2-6,9,11,17-18H,7-8,10H2,1H3,(H,15,16). The average Bonchev–Trinajstić information content (AvgIpc) is 2.95. The molecule has 0 aliphatic heterocycles. The highest BCUT2D eigenvalue weighted by molar-refractivity contribution is 7.89. The molecule has 2 aromatic rings. The van der Waals surface area contributed by atoms with E-state index in [-0.39, 0.29) is 23.2 Å². The summed E-state index contributed by atoms with van der Waals surface area (Å²) in [5, 5.41) is 15.1. The molecule has 1 atom stereocenters. The van der Waals surface area contributed by atoms with E-state index in [1.807, 2.05) is 37.3 Å². The van der Waals surface area contributed by atoms with Crippen LogP contribution in [-0.4, -0.2) is 29.8 Å². The lowest BCUT2D eigenvalue weighted by Gasteiger charge is -2.14. The Balaban J connectivity index is 1.97. The van der Waals surface area contributed by atoms with Crippen LogP contribution < -0.4 is 4.72 Å². The van der Waals surface area contributed by atoms with Crippen molar-refractivity contribution in [1.82, 2.24) is 14.9 Å². The van der Waals surface area contributed by atoms with Crippen LogP contribution in [0.4, 0.5) is 0 Å². The Bertz CT molecular complexity index is 668. The van der Waals surface area contributed by atoms with E-state index in [0.717, 1.165) is 6.42 Å². The molecule has 1 aromatic heterocycles. The van der Waals surface area contributed by atoms with Crippen molar-refractivity contribution in [2.75, 3.05) is 0 Å². The van der Waals surface area contributed by atoms with Crippen LogP contribution in [0.25, 0.3) is 0 Å². The van der Waals surface area contributed by atoms with Gasteiger partial charge in [0.15, 0.2) is 5.03 Å². The highest BCUT2D eigenvalue weighted by Gasteiger charge is 2.22. The third-order valence-electron chi connectivity index (χ3n) is 3.18. The number of nitrogens with zero attached hydrogens (tertiary/aromatic N) is 1. The molecule has 114 valence electrons. The predicted molar refractivity (Wildman–Crippen MR) is 79.1 cm³/mol. The molecule has 2 rings (SSSR count). The van der Waals surface area contributed by atoms with Gasteiger partial charge in [0.1, 0.15) is 0 Å². The first-order chi connectivity index (χ1) is 10.0. The molecule has 0 saturated heterocycles. The molecule has 0 aliphatic rings. The smallest absolute Gasteiger partial charge is 0.258 e. The van der Waals surface area contributed by atoms with Gasteiger partial charge in [-0.3, -0.25) is 5.10 Å². The van der Waals surface area contributed by atoms with Crippen molar-refractivity contribution < 1.29 is 13.5 Å². The number of rotatable bonds is 7. The van der Waals surface area contributed by atoms with Crippen molar-refractivity contribution in [3.8, 4) is 0 Å². The summed E-state index contributed by atoms with van der Waals surface area (Å²) in [6.45, 7) is 1.45. The van der Waals surface area contributed by atoms with E-state index < -0.39 is 10.0 Å². The molecule has 6 nitrogen and oxygen atoms in total. The summed E-state index contributed by atoms with van der Waals surface area (Å²) in [6.07, 6.45) is 2.79. The second-order valence-corrected chi connectivity index (χ2v) is 6.58. The van der Waals surface area contributed by atoms with Crippen molar-refractivity contribution in [3.63, 3.8) is 0 Å².